The van der Waals surface area contributed by atoms with E-state index in [-0.39, 0.29) is 18.2 Å². The van der Waals surface area contributed by atoms with Crippen LogP contribution >= 0.6 is 12.2 Å². The number of rotatable bonds is 10. The van der Waals surface area contributed by atoms with Crippen LogP contribution in [0.5, 0.6) is 11.5 Å². The molecule has 0 spiro atoms. The summed E-state index contributed by atoms with van der Waals surface area (Å²) in [6.45, 7) is 3.00. The van der Waals surface area contributed by atoms with Gasteiger partial charge in [0.1, 0.15) is 17.5 Å². The fourth-order valence-corrected chi connectivity index (χ4v) is 4.55. The third kappa shape index (κ3) is 5.83. The van der Waals surface area contributed by atoms with Crippen LogP contribution in [0.2, 0.25) is 0 Å². The molecule has 1 aliphatic rings. The maximum absolute atomic E-state index is 13.6. The van der Waals surface area contributed by atoms with E-state index in [2.05, 4.69) is 5.32 Å². The van der Waals surface area contributed by atoms with Crippen LogP contribution in [0.25, 0.3) is 0 Å². The number of hydrogen-bond donors (Lipinski definition) is 1. The largest absolute Gasteiger partial charge is 0.497 e. The topological polar surface area (TPSA) is 71.1 Å². The van der Waals surface area contributed by atoms with Crippen molar-refractivity contribution in [3.05, 3.63) is 84.4 Å². The van der Waals surface area contributed by atoms with Crippen molar-refractivity contribution >= 4 is 40.5 Å². The maximum Gasteiger partial charge on any atom is 0.256 e. The van der Waals surface area contributed by atoms with Crippen molar-refractivity contribution in [2.75, 3.05) is 30.5 Å². The lowest BCUT2D eigenvalue weighted by molar-refractivity contribution is -0.124. The van der Waals surface area contributed by atoms with Gasteiger partial charge in [-0.25, -0.2) is 0 Å². The molecule has 2 amide bonds. The zero-order valence-electron chi connectivity index (χ0n) is 20.3. The lowest BCUT2D eigenvalue weighted by atomic mass is 10.1. The van der Waals surface area contributed by atoms with Gasteiger partial charge in [-0.1, -0.05) is 30.3 Å². The van der Waals surface area contributed by atoms with Crippen LogP contribution in [0, 0.1) is 0 Å². The van der Waals surface area contributed by atoms with Crippen molar-refractivity contribution in [3.8, 4) is 11.5 Å². The van der Waals surface area contributed by atoms with Crippen molar-refractivity contribution in [1.29, 1.82) is 0 Å². The summed E-state index contributed by atoms with van der Waals surface area (Å²) in [4.78, 5) is 29.9. The van der Waals surface area contributed by atoms with Crippen LogP contribution in [0.4, 0.5) is 11.4 Å². The highest BCUT2D eigenvalue weighted by atomic mass is 32.1. The van der Waals surface area contributed by atoms with E-state index in [4.69, 9.17) is 21.7 Å². The molecular formula is C28H29N3O4S. The van der Waals surface area contributed by atoms with Gasteiger partial charge in [-0.3, -0.25) is 14.5 Å². The summed E-state index contributed by atoms with van der Waals surface area (Å²) in [7, 11) is 1.59. The second-order valence-electron chi connectivity index (χ2n) is 8.31. The Morgan fingerprint density at radius 1 is 0.972 bits per heavy atom. The molecule has 1 heterocycles. The molecule has 36 heavy (non-hydrogen) atoms. The number of nitrogens with zero attached hydrogens (tertiary/aromatic N) is 2. The second-order valence-corrected chi connectivity index (χ2v) is 8.67. The van der Waals surface area contributed by atoms with Crippen molar-refractivity contribution in [2.24, 2.45) is 0 Å². The standard InChI is InChI=1S/C28H29N3O4S/c1-3-35-24-13-9-21(10-14-24)29-26(32)19-25-27(33)31(22-11-15-23(34-2)16-12-22)28(36)30(25)18-17-20-7-5-4-6-8-20/h4-16,25H,3,17-19H2,1-2H3,(H,29,32). The van der Waals surface area contributed by atoms with Gasteiger partial charge in [0.2, 0.25) is 5.91 Å². The number of ether oxygens (including phenoxy) is 2. The number of carbonyl (C=O) groups is 2. The molecule has 186 valence electrons. The second kappa shape index (κ2) is 11.7. The first-order valence-corrected chi connectivity index (χ1v) is 12.3. The van der Waals surface area contributed by atoms with Gasteiger partial charge in [-0.2, -0.15) is 0 Å². The molecule has 4 rings (SSSR count). The molecule has 0 saturated carbocycles. The van der Waals surface area contributed by atoms with Crippen LogP contribution in [-0.2, 0) is 16.0 Å². The van der Waals surface area contributed by atoms with Gasteiger partial charge in [0.25, 0.3) is 5.91 Å². The van der Waals surface area contributed by atoms with Gasteiger partial charge in [-0.15, -0.1) is 0 Å². The van der Waals surface area contributed by atoms with Crippen molar-refractivity contribution in [3.63, 3.8) is 0 Å². The van der Waals surface area contributed by atoms with Gasteiger partial charge in [-0.05, 0) is 79.7 Å². The molecule has 1 N–H and O–H groups in total. The number of nitrogens with one attached hydrogen (secondary N) is 1. The van der Waals surface area contributed by atoms with Gasteiger partial charge < -0.3 is 19.7 Å². The molecule has 3 aromatic carbocycles. The normalized spacial score (nSPS) is 15.2. The summed E-state index contributed by atoms with van der Waals surface area (Å²) >= 11 is 5.75. The van der Waals surface area contributed by atoms with E-state index in [9.17, 15) is 9.59 Å². The van der Waals surface area contributed by atoms with E-state index in [1.807, 2.05) is 42.2 Å². The highest BCUT2D eigenvalue weighted by Crippen LogP contribution is 2.29. The minimum Gasteiger partial charge on any atom is -0.497 e. The van der Waals surface area contributed by atoms with E-state index in [1.54, 1.807) is 55.6 Å². The number of hydrogen-bond acceptors (Lipinski definition) is 5. The third-order valence-electron chi connectivity index (χ3n) is 5.96. The Bertz CT molecular complexity index is 1200. The first-order chi connectivity index (χ1) is 17.5. The molecule has 1 atom stereocenters. The van der Waals surface area contributed by atoms with Crippen LogP contribution in [0.15, 0.2) is 78.9 Å². The van der Waals surface area contributed by atoms with Crippen molar-refractivity contribution < 1.29 is 19.1 Å². The van der Waals surface area contributed by atoms with Crippen LogP contribution in [0.3, 0.4) is 0 Å². The maximum atomic E-state index is 13.6. The molecule has 0 aromatic heterocycles. The average Bonchev–Trinajstić information content (AvgIpc) is 3.13. The Labute approximate surface area is 216 Å². The minimum atomic E-state index is -0.703. The molecule has 8 heteroatoms. The Balaban J connectivity index is 1.52. The van der Waals surface area contributed by atoms with Crippen LogP contribution in [-0.4, -0.2) is 48.1 Å². The average molecular weight is 504 g/mol. The van der Waals surface area contributed by atoms with Gasteiger partial charge in [0.05, 0.1) is 25.8 Å². The molecule has 1 aliphatic heterocycles. The molecule has 0 bridgehead atoms. The van der Waals surface area contributed by atoms with Gasteiger partial charge in [0, 0.05) is 12.2 Å². The third-order valence-corrected chi connectivity index (χ3v) is 6.38. The summed E-state index contributed by atoms with van der Waals surface area (Å²) in [6, 6.07) is 23.6. The molecule has 3 aromatic rings. The molecular weight excluding hydrogens is 474 g/mol. The van der Waals surface area contributed by atoms with Crippen LogP contribution < -0.4 is 19.7 Å². The minimum absolute atomic E-state index is 0.0202. The fraction of sp³-hybridized carbons (Fsp3) is 0.250. The predicted molar refractivity (Wildman–Crippen MR) is 145 cm³/mol. The van der Waals surface area contributed by atoms with Crippen molar-refractivity contribution in [1.82, 2.24) is 4.90 Å². The lowest BCUT2D eigenvalue weighted by Crippen LogP contribution is -2.39. The first kappa shape index (κ1) is 25.2. The Morgan fingerprint density at radius 2 is 1.64 bits per heavy atom. The molecule has 0 radical (unpaired) electrons. The molecule has 7 nitrogen and oxygen atoms in total. The number of methoxy groups -OCH3 is 1. The highest BCUT2D eigenvalue weighted by Gasteiger charge is 2.43. The number of anilines is 2. The summed E-state index contributed by atoms with van der Waals surface area (Å²) in [6.07, 6.45) is 0.676. The van der Waals surface area contributed by atoms with E-state index in [1.165, 1.54) is 4.90 Å². The molecule has 0 aliphatic carbocycles. The SMILES string of the molecule is CCOc1ccc(NC(=O)CC2C(=O)N(c3ccc(OC)cc3)C(=S)N2CCc2ccccc2)cc1. The quantitative estimate of drug-likeness (QED) is 0.406. The lowest BCUT2D eigenvalue weighted by Gasteiger charge is -2.24. The first-order valence-electron chi connectivity index (χ1n) is 11.9. The Hall–Kier alpha value is -3.91. The van der Waals surface area contributed by atoms with Crippen LogP contribution in [0.1, 0.15) is 18.9 Å². The molecule has 1 unspecified atom stereocenters. The van der Waals surface area contributed by atoms with Gasteiger partial charge >= 0.3 is 0 Å². The molecule has 1 fully saturated rings. The molecule has 1 saturated heterocycles. The Morgan fingerprint density at radius 3 is 2.28 bits per heavy atom. The zero-order chi connectivity index (χ0) is 25.5. The van der Waals surface area contributed by atoms with E-state index < -0.39 is 6.04 Å². The van der Waals surface area contributed by atoms with Gasteiger partial charge in [0.15, 0.2) is 5.11 Å². The van der Waals surface area contributed by atoms with E-state index in [0.29, 0.717) is 41.8 Å². The highest BCUT2D eigenvalue weighted by molar-refractivity contribution is 7.80. The monoisotopic (exact) mass is 503 g/mol. The summed E-state index contributed by atoms with van der Waals surface area (Å²) in [5, 5.41) is 3.27. The van der Waals surface area contributed by atoms with Crippen molar-refractivity contribution in [2.45, 2.75) is 25.8 Å². The number of carbonyl (C=O) groups excluding carboxylic acids is 2. The summed E-state index contributed by atoms with van der Waals surface area (Å²) in [5.41, 5.74) is 2.41. The fourth-order valence-electron chi connectivity index (χ4n) is 4.14. The smallest absolute Gasteiger partial charge is 0.256 e. The number of amides is 2. The van der Waals surface area contributed by atoms with E-state index >= 15 is 0 Å². The Kier molecular flexibility index (Phi) is 8.17. The zero-order valence-corrected chi connectivity index (χ0v) is 21.2. The summed E-state index contributed by atoms with van der Waals surface area (Å²) < 4.78 is 10.7. The number of benzene rings is 3. The van der Waals surface area contributed by atoms with E-state index in [0.717, 1.165) is 11.3 Å². The summed E-state index contributed by atoms with van der Waals surface area (Å²) in [5.74, 6) is 0.930. The predicted octanol–water partition coefficient (Wildman–Crippen LogP) is 4.67. The number of thiocarbonyl (C=S) groups is 1.